The number of nitrogens with two attached hydrogens (primary N) is 1. The number of aliphatic hydroxyl groups is 1. The summed E-state index contributed by atoms with van der Waals surface area (Å²) in [4.78, 5) is 0. The van der Waals surface area contributed by atoms with Crippen molar-refractivity contribution in [2.45, 2.75) is 19.1 Å². The van der Waals surface area contributed by atoms with Crippen LogP contribution in [-0.4, -0.2) is 11.2 Å². The van der Waals surface area contributed by atoms with E-state index >= 15 is 0 Å². The molecule has 3 N–H and O–H groups in total. The quantitative estimate of drug-likeness (QED) is 0.862. The number of benzene rings is 1. The van der Waals surface area contributed by atoms with Crippen LogP contribution in [0.15, 0.2) is 22.7 Å². The standard InChI is InChI=1S/C9H11BrClNO/c1-5(13)9(12)6-2-3-8(11)7(10)4-6/h2-5,9,13H,12H2,1H3. The second kappa shape index (κ2) is 4.42. The van der Waals surface area contributed by atoms with Crippen LogP contribution in [0.3, 0.4) is 0 Å². The maximum atomic E-state index is 9.26. The third-order valence-corrected chi connectivity index (χ3v) is 3.06. The molecule has 0 fully saturated rings. The summed E-state index contributed by atoms with van der Waals surface area (Å²) in [6.45, 7) is 1.66. The molecule has 0 aliphatic carbocycles. The fourth-order valence-electron chi connectivity index (χ4n) is 0.998. The van der Waals surface area contributed by atoms with E-state index in [2.05, 4.69) is 15.9 Å². The largest absolute Gasteiger partial charge is 0.391 e. The second-order valence-electron chi connectivity index (χ2n) is 2.94. The molecule has 0 saturated carbocycles. The monoisotopic (exact) mass is 263 g/mol. The molecule has 1 aromatic carbocycles. The van der Waals surface area contributed by atoms with Crippen LogP contribution in [0.5, 0.6) is 0 Å². The molecule has 0 bridgehead atoms. The van der Waals surface area contributed by atoms with Crippen molar-refractivity contribution in [3.05, 3.63) is 33.3 Å². The normalized spacial score (nSPS) is 15.5. The van der Waals surface area contributed by atoms with Crippen LogP contribution >= 0.6 is 27.5 Å². The van der Waals surface area contributed by atoms with Gasteiger partial charge in [0.05, 0.1) is 17.2 Å². The average molecular weight is 265 g/mol. The van der Waals surface area contributed by atoms with Gasteiger partial charge in [0.15, 0.2) is 0 Å². The Bertz CT molecular complexity index is 304. The molecule has 4 heteroatoms. The molecule has 0 saturated heterocycles. The molecule has 72 valence electrons. The van der Waals surface area contributed by atoms with Crippen LogP contribution in [0.25, 0.3) is 0 Å². The summed E-state index contributed by atoms with van der Waals surface area (Å²) in [5.41, 5.74) is 6.61. The van der Waals surface area contributed by atoms with Gasteiger partial charge in [-0.3, -0.25) is 0 Å². The van der Waals surface area contributed by atoms with E-state index < -0.39 is 6.10 Å². The van der Waals surface area contributed by atoms with Crippen molar-refractivity contribution in [3.8, 4) is 0 Å². The van der Waals surface area contributed by atoms with E-state index in [9.17, 15) is 5.11 Å². The van der Waals surface area contributed by atoms with Gasteiger partial charge in [0.25, 0.3) is 0 Å². The minimum absolute atomic E-state index is 0.367. The highest BCUT2D eigenvalue weighted by Crippen LogP contribution is 2.26. The van der Waals surface area contributed by atoms with Gasteiger partial charge in [-0.15, -0.1) is 0 Å². The third-order valence-electron chi connectivity index (χ3n) is 1.85. The molecule has 0 aliphatic rings. The van der Waals surface area contributed by atoms with Gasteiger partial charge in [0.1, 0.15) is 0 Å². The average Bonchev–Trinajstić information content (AvgIpc) is 2.08. The van der Waals surface area contributed by atoms with E-state index in [0.717, 1.165) is 10.0 Å². The van der Waals surface area contributed by atoms with E-state index in [1.807, 2.05) is 12.1 Å². The maximum absolute atomic E-state index is 9.26. The summed E-state index contributed by atoms with van der Waals surface area (Å²) in [5.74, 6) is 0. The molecule has 1 aromatic rings. The van der Waals surface area contributed by atoms with Crippen LogP contribution in [0.2, 0.25) is 5.02 Å². The second-order valence-corrected chi connectivity index (χ2v) is 4.20. The van der Waals surface area contributed by atoms with Crippen molar-refractivity contribution >= 4 is 27.5 Å². The van der Waals surface area contributed by atoms with Gasteiger partial charge < -0.3 is 10.8 Å². The van der Waals surface area contributed by atoms with Crippen molar-refractivity contribution in [2.24, 2.45) is 5.73 Å². The van der Waals surface area contributed by atoms with Crippen LogP contribution in [0.4, 0.5) is 0 Å². The molecule has 0 aromatic heterocycles. The molecule has 0 heterocycles. The third kappa shape index (κ3) is 2.68. The Balaban J connectivity index is 2.97. The predicted octanol–water partition coefficient (Wildman–Crippen LogP) is 2.48. The number of rotatable bonds is 2. The van der Waals surface area contributed by atoms with Gasteiger partial charge in [-0.05, 0) is 40.5 Å². The van der Waals surface area contributed by atoms with E-state index in [4.69, 9.17) is 17.3 Å². The lowest BCUT2D eigenvalue weighted by molar-refractivity contribution is 0.164. The van der Waals surface area contributed by atoms with Gasteiger partial charge >= 0.3 is 0 Å². The summed E-state index contributed by atoms with van der Waals surface area (Å²) in [6.07, 6.45) is -0.562. The van der Waals surface area contributed by atoms with E-state index in [-0.39, 0.29) is 6.04 Å². The van der Waals surface area contributed by atoms with Crippen molar-refractivity contribution in [3.63, 3.8) is 0 Å². The molecule has 2 unspecified atom stereocenters. The summed E-state index contributed by atoms with van der Waals surface area (Å²) >= 11 is 9.11. The van der Waals surface area contributed by atoms with Gasteiger partial charge in [-0.25, -0.2) is 0 Å². The number of hydrogen-bond donors (Lipinski definition) is 2. The van der Waals surface area contributed by atoms with Gasteiger partial charge in [0.2, 0.25) is 0 Å². The molecule has 0 amide bonds. The van der Waals surface area contributed by atoms with E-state index in [1.54, 1.807) is 13.0 Å². The van der Waals surface area contributed by atoms with E-state index in [1.165, 1.54) is 0 Å². The Hall–Kier alpha value is -0.0900. The van der Waals surface area contributed by atoms with E-state index in [0.29, 0.717) is 5.02 Å². The summed E-state index contributed by atoms with van der Waals surface area (Å²) in [6, 6.07) is 5.02. The summed E-state index contributed by atoms with van der Waals surface area (Å²) in [7, 11) is 0. The highest BCUT2D eigenvalue weighted by molar-refractivity contribution is 9.10. The zero-order valence-electron chi connectivity index (χ0n) is 7.17. The SMILES string of the molecule is CC(O)C(N)c1ccc(Cl)c(Br)c1. The molecule has 0 spiro atoms. The van der Waals surface area contributed by atoms with Gasteiger partial charge in [-0.2, -0.15) is 0 Å². The topological polar surface area (TPSA) is 46.2 Å². The summed E-state index contributed by atoms with van der Waals surface area (Å²) in [5, 5.41) is 9.90. The van der Waals surface area contributed by atoms with Crippen molar-refractivity contribution in [2.75, 3.05) is 0 Å². The van der Waals surface area contributed by atoms with Crippen molar-refractivity contribution in [1.82, 2.24) is 0 Å². The first-order valence-electron chi connectivity index (χ1n) is 3.91. The summed E-state index contributed by atoms with van der Waals surface area (Å²) < 4.78 is 0.794. The van der Waals surface area contributed by atoms with Crippen LogP contribution in [-0.2, 0) is 0 Å². The lowest BCUT2D eigenvalue weighted by Gasteiger charge is -2.15. The fourth-order valence-corrected chi connectivity index (χ4v) is 1.51. The van der Waals surface area contributed by atoms with Gasteiger partial charge in [0, 0.05) is 4.47 Å². The molecule has 13 heavy (non-hydrogen) atoms. The molecule has 1 rings (SSSR count). The van der Waals surface area contributed by atoms with Crippen LogP contribution < -0.4 is 5.73 Å². The van der Waals surface area contributed by atoms with Gasteiger partial charge in [-0.1, -0.05) is 17.7 Å². The molecule has 2 nitrogen and oxygen atoms in total. The Morgan fingerprint density at radius 3 is 2.62 bits per heavy atom. The Kier molecular flexibility index (Phi) is 3.74. The Labute approximate surface area is 90.8 Å². The van der Waals surface area contributed by atoms with Crippen molar-refractivity contribution < 1.29 is 5.11 Å². The molecule has 2 atom stereocenters. The first-order chi connectivity index (χ1) is 6.02. The highest BCUT2D eigenvalue weighted by Gasteiger charge is 2.12. The van der Waals surface area contributed by atoms with Crippen LogP contribution in [0, 0.1) is 0 Å². The lowest BCUT2D eigenvalue weighted by atomic mass is 10.0. The number of halogens is 2. The zero-order chi connectivity index (χ0) is 10.0. The fraction of sp³-hybridized carbons (Fsp3) is 0.333. The predicted molar refractivity (Wildman–Crippen MR) is 57.8 cm³/mol. The molecular weight excluding hydrogens is 253 g/mol. The lowest BCUT2D eigenvalue weighted by Crippen LogP contribution is -2.23. The number of hydrogen-bond acceptors (Lipinski definition) is 2. The first-order valence-corrected chi connectivity index (χ1v) is 5.08. The molecule has 0 aliphatic heterocycles. The maximum Gasteiger partial charge on any atom is 0.0704 e. The van der Waals surface area contributed by atoms with Crippen LogP contribution in [0.1, 0.15) is 18.5 Å². The molecular formula is C9H11BrClNO. The van der Waals surface area contributed by atoms with Crippen molar-refractivity contribution in [1.29, 1.82) is 0 Å². The Morgan fingerprint density at radius 2 is 2.15 bits per heavy atom. The molecule has 0 radical (unpaired) electrons. The minimum atomic E-state index is -0.562. The highest BCUT2D eigenvalue weighted by atomic mass is 79.9. The Morgan fingerprint density at radius 1 is 1.54 bits per heavy atom. The zero-order valence-corrected chi connectivity index (χ0v) is 9.51. The first kappa shape index (κ1) is 11.0. The minimum Gasteiger partial charge on any atom is -0.391 e. The smallest absolute Gasteiger partial charge is 0.0704 e. The number of aliphatic hydroxyl groups excluding tert-OH is 1.